The number of aliphatic carboxylic acids is 1. The zero-order valence-corrected chi connectivity index (χ0v) is 22.9. The molecule has 3 aromatic rings. The maximum absolute atomic E-state index is 13.8. The topological polar surface area (TPSA) is 140 Å². The molecular formula is C30H37N5O3S. The molecule has 7 N–H and O–H groups in total. The van der Waals surface area contributed by atoms with E-state index in [0.717, 1.165) is 16.7 Å². The van der Waals surface area contributed by atoms with Crippen LogP contribution in [0.5, 0.6) is 0 Å². The number of carbonyl (C=O) groups is 2. The van der Waals surface area contributed by atoms with Gasteiger partial charge in [-0.2, -0.15) is 11.8 Å². The van der Waals surface area contributed by atoms with Crippen molar-refractivity contribution >= 4 is 29.6 Å². The molecule has 39 heavy (non-hydrogen) atoms. The lowest BCUT2D eigenvalue weighted by Gasteiger charge is -2.40. The van der Waals surface area contributed by atoms with E-state index in [2.05, 4.69) is 16.0 Å². The van der Waals surface area contributed by atoms with Gasteiger partial charge in [0, 0.05) is 6.54 Å². The second-order valence-electron chi connectivity index (χ2n) is 9.21. The van der Waals surface area contributed by atoms with Gasteiger partial charge in [-0.1, -0.05) is 91.0 Å². The highest BCUT2D eigenvalue weighted by atomic mass is 32.2. The molecule has 0 saturated heterocycles. The molecule has 0 fully saturated rings. The van der Waals surface area contributed by atoms with Crippen molar-refractivity contribution in [2.45, 2.75) is 36.9 Å². The first-order valence-electron chi connectivity index (χ1n) is 12.9. The molecule has 0 radical (unpaired) electrons. The highest BCUT2D eigenvalue weighted by molar-refractivity contribution is 7.98. The molecule has 8 nitrogen and oxygen atoms in total. The Labute approximate surface area is 234 Å². The summed E-state index contributed by atoms with van der Waals surface area (Å²) in [6.07, 6.45) is 3.12. The number of nitrogens with two attached hydrogens (primary N) is 1. The Hall–Kier alpha value is -3.82. The van der Waals surface area contributed by atoms with Crippen molar-refractivity contribution in [1.29, 1.82) is 5.41 Å². The smallest absolute Gasteiger partial charge is 0.326 e. The maximum atomic E-state index is 13.8. The second-order valence-corrected chi connectivity index (χ2v) is 10.2. The quantitative estimate of drug-likeness (QED) is 0.0740. The summed E-state index contributed by atoms with van der Waals surface area (Å²) in [5.74, 6) is -0.940. The molecule has 0 aliphatic rings. The van der Waals surface area contributed by atoms with E-state index < -0.39 is 23.6 Å². The fourth-order valence-corrected chi connectivity index (χ4v) is 5.11. The normalized spacial score (nSPS) is 12.7. The van der Waals surface area contributed by atoms with E-state index in [0.29, 0.717) is 25.1 Å². The van der Waals surface area contributed by atoms with Crippen molar-refractivity contribution in [1.82, 2.24) is 16.0 Å². The van der Waals surface area contributed by atoms with E-state index in [9.17, 15) is 14.7 Å². The van der Waals surface area contributed by atoms with Crippen molar-refractivity contribution in [2.75, 3.05) is 18.6 Å². The number of carboxylic acids is 1. The molecule has 0 heterocycles. The number of benzene rings is 3. The van der Waals surface area contributed by atoms with Gasteiger partial charge < -0.3 is 21.5 Å². The number of thioether (sulfide) groups is 1. The summed E-state index contributed by atoms with van der Waals surface area (Å²) < 4.78 is 0. The number of rotatable bonds is 15. The van der Waals surface area contributed by atoms with Crippen LogP contribution in [0, 0.1) is 5.41 Å². The molecule has 9 heteroatoms. The number of carbonyl (C=O) groups excluding carboxylic acids is 1. The Morgan fingerprint density at radius 3 is 1.77 bits per heavy atom. The minimum atomic E-state index is -1.10. The summed E-state index contributed by atoms with van der Waals surface area (Å²) in [7, 11) is 0. The van der Waals surface area contributed by atoms with Gasteiger partial charge in [-0.3, -0.25) is 15.5 Å². The molecule has 0 aromatic heterocycles. The van der Waals surface area contributed by atoms with Crippen LogP contribution in [0.1, 0.15) is 36.0 Å². The predicted molar refractivity (Wildman–Crippen MR) is 158 cm³/mol. The van der Waals surface area contributed by atoms with Gasteiger partial charge in [-0.15, -0.1) is 0 Å². The minimum Gasteiger partial charge on any atom is -0.480 e. The van der Waals surface area contributed by atoms with Crippen LogP contribution >= 0.6 is 11.8 Å². The number of amides is 1. The Morgan fingerprint density at radius 1 is 0.872 bits per heavy atom. The first-order chi connectivity index (χ1) is 18.9. The van der Waals surface area contributed by atoms with Crippen LogP contribution in [-0.2, 0) is 15.1 Å². The van der Waals surface area contributed by atoms with Gasteiger partial charge in [0.25, 0.3) is 0 Å². The highest BCUT2D eigenvalue weighted by Gasteiger charge is 2.40. The van der Waals surface area contributed by atoms with Crippen LogP contribution in [-0.4, -0.2) is 53.6 Å². The van der Waals surface area contributed by atoms with Crippen LogP contribution in [0.4, 0.5) is 0 Å². The second kappa shape index (κ2) is 14.9. The third-order valence-electron chi connectivity index (χ3n) is 6.54. The average molecular weight is 548 g/mol. The molecule has 3 rings (SSSR count). The molecule has 0 aliphatic heterocycles. The van der Waals surface area contributed by atoms with Crippen LogP contribution in [0.25, 0.3) is 0 Å². The highest BCUT2D eigenvalue weighted by Crippen LogP contribution is 2.37. The summed E-state index contributed by atoms with van der Waals surface area (Å²) in [6.45, 7) is 0.349. The van der Waals surface area contributed by atoms with Gasteiger partial charge in [0.15, 0.2) is 5.96 Å². The van der Waals surface area contributed by atoms with Crippen LogP contribution in [0.3, 0.4) is 0 Å². The predicted octanol–water partition coefficient (Wildman–Crippen LogP) is 3.52. The molecule has 0 bridgehead atoms. The van der Waals surface area contributed by atoms with Crippen molar-refractivity contribution in [2.24, 2.45) is 5.73 Å². The SMILES string of the molecule is CSCC[C@H](NC(c1ccccc1)(c1ccccc1)c1ccccc1)C(=O)N[C@@H](CCCNC(=N)N)C(=O)O. The molecule has 3 aromatic carbocycles. The van der Waals surface area contributed by atoms with E-state index in [1.807, 2.05) is 97.3 Å². The lowest BCUT2D eigenvalue weighted by Crippen LogP contribution is -2.57. The van der Waals surface area contributed by atoms with E-state index in [1.165, 1.54) is 0 Å². The Balaban J connectivity index is 2.01. The third-order valence-corrected chi connectivity index (χ3v) is 7.18. The monoisotopic (exact) mass is 547 g/mol. The van der Waals surface area contributed by atoms with Crippen molar-refractivity contribution in [3.63, 3.8) is 0 Å². The zero-order chi connectivity index (χ0) is 28.1. The molecule has 206 valence electrons. The van der Waals surface area contributed by atoms with Gasteiger partial charge in [0.1, 0.15) is 6.04 Å². The van der Waals surface area contributed by atoms with Gasteiger partial charge in [0.05, 0.1) is 11.6 Å². The summed E-state index contributed by atoms with van der Waals surface area (Å²) >= 11 is 1.63. The van der Waals surface area contributed by atoms with Gasteiger partial charge in [-0.25, -0.2) is 4.79 Å². The Bertz CT molecular complexity index is 1100. The first-order valence-corrected chi connectivity index (χ1v) is 14.3. The molecular weight excluding hydrogens is 510 g/mol. The zero-order valence-electron chi connectivity index (χ0n) is 22.1. The Morgan fingerprint density at radius 2 is 1.36 bits per heavy atom. The number of hydrogen-bond acceptors (Lipinski definition) is 5. The summed E-state index contributed by atoms with van der Waals surface area (Å²) in [5, 5.41) is 26.2. The van der Waals surface area contributed by atoms with E-state index in [-0.39, 0.29) is 18.3 Å². The molecule has 2 atom stereocenters. The molecule has 0 saturated carbocycles. The number of hydrogen-bond donors (Lipinski definition) is 6. The lowest BCUT2D eigenvalue weighted by atomic mass is 9.76. The summed E-state index contributed by atoms with van der Waals surface area (Å²) in [6, 6.07) is 28.2. The fraction of sp³-hybridized carbons (Fsp3) is 0.300. The van der Waals surface area contributed by atoms with Crippen molar-refractivity contribution in [3.8, 4) is 0 Å². The number of carboxylic acid groups (broad SMARTS) is 1. The van der Waals surface area contributed by atoms with Crippen molar-refractivity contribution < 1.29 is 14.7 Å². The standard InChI is InChI=1S/C30H37N5O3S/c1-39-21-19-25(27(36)34-26(28(37)38)18-11-20-33-29(31)32)35-30(22-12-5-2-6-13-22,23-14-7-3-8-15-23)24-16-9-4-10-17-24/h2-10,12-17,25-26,35H,11,18-21H2,1H3,(H,34,36)(H,37,38)(H4,31,32,33)/t25-,26-/m0/s1. The van der Waals surface area contributed by atoms with Crippen molar-refractivity contribution in [3.05, 3.63) is 108 Å². The van der Waals surface area contributed by atoms with Crippen LogP contribution in [0.15, 0.2) is 91.0 Å². The molecule has 0 spiro atoms. The summed E-state index contributed by atoms with van der Waals surface area (Å²) in [4.78, 5) is 25.8. The summed E-state index contributed by atoms with van der Waals surface area (Å²) in [5.41, 5.74) is 7.35. The molecule has 0 aliphatic carbocycles. The van der Waals surface area contributed by atoms with Gasteiger partial charge in [0.2, 0.25) is 5.91 Å². The number of guanidine groups is 1. The van der Waals surface area contributed by atoms with Crippen LogP contribution in [0.2, 0.25) is 0 Å². The maximum Gasteiger partial charge on any atom is 0.326 e. The molecule has 0 unspecified atom stereocenters. The van der Waals surface area contributed by atoms with E-state index >= 15 is 0 Å². The van der Waals surface area contributed by atoms with E-state index in [1.54, 1.807) is 11.8 Å². The number of nitrogens with one attached hydrogen (secondary N) is 4. The third kappa shape index (κ3) is 8.08. The van der Waals surface area contributed by atoms with E-state index in [4.69, 9.17) is 11.1 Å². The fourth-order valence-electron chi connectivity index (χ4n) is 4.64. The lowest BCUT2D eigenvalue weighted by molar-refractivity contribution is -0.142. The molecule has 1 amide bonds. The minimum absolute atomic E-state index is 0.175. The first kappa shape index (κ1) is 29.7. The average Bonchev–Trinajstić information content (AvgIpc) is 2.96. The largest absolute Gasteiger partial charge is 0.480 e. The van der Waals surface area contributed by atoms with Crippen LogP contribution < -0.4 is 21.7 Å². The Kier molecular flexibility index (Phi) is 11.4. The van der Waals surface area contributed by atoms with Gasteiger partial charge >= 0.3 is 5.97 Å². The van der Waals surface area contributed by atoms with Gasteiger partial charge in [-0.05, 0) is 48.0 Å².